The molecule has 2 aliphatic heterocycles. The molecule has 4 aliphatic rings. The standard InChI is InChI=1S/C40H32N2O7/c1-20(43)22-7-11-24(12-8-22)41-37(46)30-16-15-29-31(35(30)39(41)48)19-32-36(34(29)28-17-18-33(45)27-6-4-3-5-26(27)28)40(49)42(38(32)47)25-13-9-23(10-14-25)21(2)44/h3-15,17-18,30-32,34-36,45H,16,19H2,1-2H3/t30-,31+,32+,34-,35-,36+/m0/s1. The van der Waals surface area contributed by atoms with Crippen molar-refractivity contribution in [3.63, 3.8) is 0 Å². The van der Waals surface area contributed by atoms with E-state index >= 15 is 0 Å². The maximum absolute atomic E-state index is 14.5. The first-order chi connectivity index (χ1) is 23.6. The van der Waals surface area contributed by atoms with Crippen LogP contribution in [0.15, 0.2) is 96.6 Å². The summed E-state index contributed by atoms with van der Waals surface area (Å²) in [7, 11) is 0. The van der Waals surface area contributed by atoms with E-state index in [9.17, 15) is 33.9 Å². The highest BCUT2D eigenvalue weighted by molar-refractivity contribution is 6.24. The Kier molecular flexibility index (Phi) is 6.99. The van der Waals surface area contributed by atoms with E-state index in [2.05, 4.69) is 0 Å². The zero-order valence-electron chi connectivity index (χ0n) is 26.8. The molecule has 4 aromatic rings. The average Bonchev–Trinajstić information content (AvgIpc) is 3.51. The molecule has 9 heteroatoms. The molecule has 244 valence electrons. The SMILES string of the molecule is CC(=O)c1ccc(N2C(=O)[C@H]3[C@H](CC=C4[C@H]3C[C@H]3C(=O)N(c5ccc(C(C)=O)cc5)C(=O)[C@H]3[C@H]4c3ccc(O)c4ccccc34)C2=O)cc1. The van der Waals surface area contributed by atoms with Gasteiger partial charge in [0.15, 0.2) is 11.6 Å². The molecule has 4 amide bonds. The molecule has 2 heterocycles. The third-order valence-electron chi connectivity index (χ3n) is 11.0. The van der Waals surface area contributed by atoms with Crippen molar-refractivity contribution in [3.05, 3.63) is 113 Å². The Morgan fingerprint density at radius 2 is 1.14 bits per heavy atom. The van der Waals surface area contributed by atoms with Gasteiger partial charge in [-0.15, -0.1) is 0 Å². The number of amides is 4. The summed E-state index contributed by atoms with van der Waals surface area (Å²) in [6.45, 7) is 2.90. The molecule has 4 aromatic carbocycles. The van der Waals surface area contributed by atoms with Crippen LogP contribution in [0.25, 0.3) is 10.8 Å². The Balaban J connectivity index is 1.25. The van der Waals surface area contributed by atoms with Crippen molar-refractivity contribution in [3.8, 4) is 5.75 Å². The number of allylic oxidation sites excluding steroid dienone is 2. The van der Waals surface area contributed by atoms with Gasteiger partial charge in [-0.3, -0.25) is 38.6 Å². The number of carbonyl (C=O) groups is 6. The van der Waals surface area contributed by atoms with Crippen molar-refractivity contribution in [1.82, 2.24) is 0 Å². The summed E-state index contributed by atoms with van der Waals surface area (Å²) in [4.78, 5) is 83.3. The van der Waals surface area contributed by atoms with Gasteiger partial charge in [0, 0.05) is 22.4 Å². The minimum Gasteiger partial charge on any atom is -0.507 e. The number of benzene rings is 4. The van der Waals surface area contributed by atoms with Crippen molar-refractivity contribution < 1.29 is 33.9 Å². The van der Waals surface area contributed by atoms with Crippen molar-refractivity contribution >= 4 is 57.3 Å². The maximum atomic E-state index is 14.5. The smallest absolute Gasteiger partial charge is 0.238 e. The monoisotopic (exact) mass is 652 g/mol. The van der Waals surface area contributed by atoms with Crippen molar-refractivity contribution in [2.45, 2.75) is 32.6 Å². The summed E-state index contributed by atoms with van der Waals surface area (Å²) in [6, 6.07) is 23.6. The lowest BCUT2D eigenvalue weighted by Gasteiger charge is -2.44. The van der Waals surface area contributed by atoms with Gasteiger partial charge in [0.2, 0.25) is 23.6 Å². The van der Waals surface area contributed by atoms with Crippen LogP contribution in [0.1, 0.15) is 58.9 Å². The number of phenols is 1. The van der Waals surface area contributed by atoms with E-state index < -0.39 is 35.5 Å². The number of fused-ring (bicyclic) bond motifs is 5. The number of hydrogen-bond acceptors (Lipinski definition) is 7. The van der Waals surface area contributed by atoms with Crippen LogP contribution in [0.3, 0.4) is 0 Å². The number of anilines is 2. The number of rotatable bonds is 5. The molecule has 9 nitrogen and oxygen atoms in total. The van der Waals surface area contributed by atoms with Crippen LogP contribution in [0.2, 0.25) is 0 Å². The van der Waals surface area contributed by atoms with Crippen molar-refractivity contribution in [2.75, 3.05) is 9.80 Å². The van der Waals surface area contributed by atoms with Crippen molar-refractivity contribution in [2.24, 2.45) is 29.6 Å². The first-order valence-corrected chi connectivity index (χ1v) is 16.4. The van der Waals surface area contributed by atoms with Crippen LogP contribution in [-0.4, -0.2) is 40.3 Å². The van der Waals surface area contributed by atoms with E-state index in [0.717, 1.165) is 16.5 Å². The Bertz CT molecular complexity index is 2170. The first-order valence-electron chi connectivity index (χ1n) is 16.4. The predicted octanol–water partition coefficient (Wildman–Crippen LogP) is 6.00. The molecule has 2 aliphatic carbocycles. The number of hydrogen-bond donors (Lipinski definition) is 1. The van der Waals surface area contributed by atoms with E-state index in [4.69, 9.17) is 0 Å². The number of imide groups is 2. The normalized spacial score (nSPS) is 26.0. The molecule has 1 saturated carbocycles. The van der Waals surface area contributed by atoms with Gasteiger partial charge in [0.05, 0.1) is 35.0 Å². The number of carbonyl (C=O) groups excluding carboxylic acids is 6. The highest BCUT2D eigenvalue weighted by atomic mass is 16.3. The molecule has 0 radical (unpaired) electrons. The fourth-order valence-electron chi connectivity index (χ4n) is 8.71. The number of aromatic hydroxyl groups is 1. The summed E-state index contributed by atoms with van der Waals surface area (Å²) >= 11 is 0. The second-order valence-electron chi connectivity index (χ2n) is 13.5. The molecular weight excluding hydrogens is 620 g/mol. The van der Waals surface area contributed by atoms with E-state index in [1.807, 2.05) is 24.3 Å². The molecule has 2 saturated heterocycles. The minimum atomic E-state index is -0.783. The van der Waals surface area contributed by atoms with Gasteiger partial charge in [-0.05, 0) is 98.2 Å². The second kappa shape index (κ2) is 11.2. The van der Waals surface area contributed by atoms with Crippen LogP contribution < -0.4 is 9.80 Å². The lowest BCUT2D eigenvalue weighted by Crippen LogP contribution is -2.43. The predicted molar refractivity (Wildman–Crippen MR) is 181 cm³/mol. The van der Waals surface area contributed by atoms with Gasteiger partial charge >= 0.3 is 0 Å². The van der Waals surface area contributed by atoms with E-state index in [-0.39, 0.29) is 47.4 Å². The number of ketones is 2. The van der Waals surface area contributed by atoms with Crippen LogP contribution >= 0.6 is 0 Å². The molecule has 49 heavy (non-hydrogen) atoms. The molecule has 1 N–H and O–H groups in total. The van der Waals surface area contributed by atoms with Gasteiger partial charge in [-0.1, -0.05) is 42.0 Å². The summed E-state index contributed by atoms with van der Waals surface area (Å²) in [6.07, 6.45) is 2.50. The Labute approximate surface area is 281 Å². The maximum Gasteiger partial charge on any atom is 0.238 e. The van der Waals surface area contributed by atoms with E-state index in [0.29, 0.717) is 34.3 Å². The van der Waals surface area contributed by atoms with E-state index in [1.165, 1.54) is 23.6 Å². The summed E-state index contributed by atoms with van der Waals surface area (Å²) in [5.41, 5.74) is 3.30. The molecule has 6 atom stereocenters. The minimum absolute atomic E-state index is 0.0879. The van der Waals surface area contributed by atoms with Gasteiger partial charge in [-0.2, -0.15) is 0 Å². The van der Waals surface area contributed by atoms with Crippen LogP contribution in [-0.2, 0) is 19.2 Å². The first kappa shape index (κ1) is 30.6. The Morgan fingerprint density at radius 3 is 1.71 bits per heavy atom. The largest absolute Gasteiger partial charge is 0.507 e. The fraction of sp³-hybridized carbons (Fsp3) is 0.250. The molecule has 0 unspecified atom stereocenters. The number of nitrogens with zero attached hydrogens (tertiary/aromatic N) is 2. The van der Waals surface area contributed by atoms with Crippen LogP contribution in [0.5, 0.6) is 5.75 Å². The topological polar surface area (TPSA) is 129 Å². The average molecular weight is 653 g/mol. The molecule has 0 bridgehead atoms. The fourth-order valence-corrected chi connectivity index (χ4v) is 8.71. The molecule has 0 aromatic heterocycles. The van der Waals surface area contributed by atoms with E-state index in [1.54, 1.807) is 66.7 Å². The number of Topliss-reactive ketones (excluding diaryl/α,β-unsaturated/α-hetero) is 2. The highest BCUT2D eigenvalue weighted by Crippen LogP contribution is 2.59. The molecular formula is C40H32N2O7. The third kappa shape index (κ3) is 4.52. The van der Waals surface area contributed by atoms with Gasteiger partial charge < -0.3 is 5.11 Å². The molecule has 3 fully saturated rings. The zero-order valence-corrected chi connectivity index (χ0v) is 26.8. The van der Waals surface area contributed by atoms with Gasteiger partial charge in [0.1, 0.15) is 5.75 Å². The quantitative estimate of drug-likeness (QED) is 0.159. The summed E-state index contributed by atoms with van der Waals surface area (Å²) in [5, 5.41) is 12.1. The van der Waals surface area contributed by atoms with Crippen molar-refractivity contribution in [1.29, 1.82) is 0 Å². The van der Waals surface area contributed by atoms with Gasteiger partial charge in [0.25, 0.3) is 0 Å². The lowest BCUT2D eigenvalue weighted by molar-refractivity contribution is -0.126. The second-order valence-corrected chi connectivity index (χ2v) is 13.5. The van der Waals surface area contributed by atoms with Crippen LogP contribution in [0.4, 0.5) is 11.4 Å². The zero-order chi connectivity index (χ0) is 34.3. The lowest BCUT2D eigenvalue weighted by atomic mass is 9.57. The Hall–Kier alpha value is -5.70. The highest BCUT2D eigenvalue weighted by Gasteiger charge is 2.62. The van der Waals surface area contributed by atoms with Crippen LogP contribution in [0, 0.1) is 29.6 Å². The Morgan fingerprint density at radius 1 is 0.612 bits per heavy atom. The van der Waals surface area contributed by atoms with Gasteiger partial charge in [-0.25, -0.2) is 0 Å². The summed E-state index contributed by atoms with van der Waals surface area (Å²) in [5.74, 6) is -5.62. The molecule has 0 spiro atoms. The number of phenolic OH excluding ortho intramolecular Hbond substituents is 1. The summed E-state index contributed by atoms with van der Waals surface area (Å²) < 4.78 is 0. The third-order valence-corrected chi connectivity index (χ3v) is 11.0. The molecule has 8 rings (SSSR count).